The van der Waals surface area contributed by atoms with E-state index in [9.17, 15) is 13.6 Å². The highest BCUT2D eigenvalue weighted by atomic mass is 19.3. The Morgan fingerprint density at radius 1 is 1.08 bits per heavy atom. The van der Waals surface area contributed by atoms with Gasteiger partial charge in [0.25, 0.3) is 0 Å². The van der Waals surface area contributed by atoms with E-state index in [0.29, 0.717) is 5.56 Å². The fourth-order valence-electron chi connectivity index (χ4n) is 2.18. The first-order chi connectivity index (χ1) is 12.1. The minimum Gasteiger partial charge on any atom is -0.445 e. The summed E-state index contributed by atoms with van der Waals surface area (Å²) in [5.41, 5.74) is 1.55. The Hall–Kier alpha value is -2.67. The zero-order valence-electron chi connectivity index (χ0n) is 13.7. The van der Waals surface area contributed by atoms with Gasteiger partial charge in [0.05, 0.1) is 12.6 Å². The molecule has 0 aliphatic heterocycles. The number of carbonyl (C=O) groups excluding carboxylic acids is 1. The van der Waals surface area contributed by atoms with Crippen molar-refractivity contribution in [2.45, 2.75) is 19.3 Å². The maximum atomic E-state index is 12.2. The Bertz CT molecular complexity index is 650. The molecule has 0 spiro atoms. The summed E-state index contributed by atoms with van der Waals surface area (Å²) >= 11 is 0. The number of amides is 1. The molecule has 0 heterocycles. The van der Waals surface area contributed by atoms with Crippen LogP contribution in [0, 0.1) is 0 Å². The molecule has 0 radical (unpaired) electrons. The van der Waals surface area contributed by atoms with Crippen LogP contribution in [0.1, 0.15) is 17.2 Å². The quantitative estimate of drug-likeness (QED) is 0.784. The highest BCUT2D eigenvalue weighted by Crippen LogP contribution is 2.20. The average molecular weight is 351 g/mol. The van der Waals surface area contributed by atoms with Gasteiger partial charge < -0.3 is 19.5 Å². The number of alkyl carbamates (subject to hydrolysis) is 1. The standard InChI is InChI=1S/C18H19F2NO4/c1-23-12-16(14-7-9-15(10-8-14)25-17(19)20)21-18(22)24-11-13-5-3-2-4-6-13/h2-10,16-17H,11-12H2,1H3,(H,21,22). The van der Waals surface area contributed by atoms with E-state index in [1.54, 1.807) is 12.1 Å². The van der Waals surface area contributed by atoms with Crippen molar-refractivity contribution in [1.29, 1.82) is 0 Å². The topological polar surface area (TPSA) is 56.8 Å². The van der Waals surface area contributed by atoms with Crippen LogP contribution in [0.3, 0.4) is 0 Å². The van der Waals surface area contributed by atoms with Crippen molar-refractivity contribution in [2.75, 3.05) is 13.7 Å². The first-order valence-corrected chi connectivity index (χ1v) is 7.59. The van der Waals surface area contributed by atoms with Gasteiger partial charge in [-0.15, -0.1) is 0 Å². The van der Waals surface area contributed by atoms with Crippen LogP contribution in [0.4, 0.5) is 13.6 Å². The first-order valence-electron chi connectivity index (χ1n) is 7.59. The van der Waals surface area contributed by atoms with Gasteiger partial charge in [-0.05, 0) is 23.3 Å². The Labute approximate surface area is 144 Å². The summed E-state index contributed by atoms with van der Waals surface area (Å²) in [4.78, 5) is 12.0. The van der Waals surface area contributed by atoms with Crippen molar-refractivity contribution >= 4 is 6.09 Å². The normalized spacial score (nSPS) is 11.8. The summed E-state index contributed by atoms with van der Waals surface area (Å²) in [6.45, 7) is -2.53. The van der Waals surface area contributed by atoms with Crippen LogP contribution in [-0.4, -0.2) is 26.4 Å². The lowest BCUT2D eigenvalue weighted by molar-refractivity contribution is -0.0498. The van der Waals surface area contributed by atoms with E-state index >= 15 is 0 Å². The van der Waals surface area contributed by atoms with Gasteiger partial charge in [-0.2, -0.15) is 8.78 Å². The van der Waals surface area contributed by atoms with Crippen LogP contribution < -0.4 is 10.1 Å². The summed E-state index contributed by atoms with van der Waals surface area (Å²) in [7, 11) is 1.50. The molecule has 5 nitrogen and oxygen atoms in total. The van der Waals surface area contributed by atoms with Gasteiger partial charge in [-0.25, -0.2) is 4.79 Å². The van der Waals surface area contributed by atoms with Crippen LogP contribution >= 0.6 is 0 Å². The molecule has 0 aromatic heterocycles. The van der Waals surface area contributed by atoms with Crippen molar-refractivity contribution in [3.8, 4) is 5.75 Å². The van der Waals surface area contributed by atoms with E-state index in [1.165, 1.54) is 19.2 Å². The lowest BCUT2D eigenvalue weighted by atomic mass is 10.1. The van der Waals surface area contributed by atoms with Gasteiger partial charge in [-0.1, -0.05) is 42.5 Å². The maximum Gasteiger partial charge on any atom is 0.408 e. The third kappa shape index (κ3) is 6.39. The van der Waals surface area contributed by atoms with E-state index in [0.717, 1.165) is 5.56 Å². The number of alkyl halides is 2. The number of carbonyl (C=O) groups is 1. The molecule has 0 saturated carbocycles. The van der Waals surface area contributed by atoms with Crippen molar-refractivity contribution in [3.63, 3.8) is 0 Å². The van der Waals surface area contributed by atoms with Crippen LogP contribution in [-0.2, 0) is 16.1 Å². The molecule has 0 aliphatic rings. The summed E-state index contributed by atoms with van der Waals surface area (Å²) in [6, 6.07) is 14.8. The Kier molecular flexibility index (Phi) is 7.16. The Morgan fingerprint density at radius 2 is 1.76 bits per heavy atom. The van der Waals surface area contributed by atoms with E-state index in [1.807, 2.05) is 30.3 Å². The molecule has 25 heavy (non-hydrogen) atoms. The summed E-state index contributed by atoms with van der Waals surface area (Å²) < 4.78 is 38.9. The van der Waals surface area contributed by atoms with Crippen molar-refractivity contribution in [3.05, 3.63) is 65.7 Å². The number of nitrogens with one attached hydrogen (secondary N) is 1. The van der Waals surface area contributed by atoms with Gasteiger partial charge in [0.1, 0.15) is 12.4 Å². The number of halogens is 2. The molecule has 2 aromatic carbocycles. The number of hydrogen-bond donors (Lipinski definition) is 1. The minimum atomic E-state index is -2.88. The lowest BCUT2D eigenvalue weighted by Gasteiger charge is -2.18. The van der Waals surface area contributed by atoms with E-state index in [2.05, 4.69) is 10.1 Å². The maximum absolute atomic E-state index is 12.2. The number of methoxy groups -OCH3 is 1. The molecule has 134 valence electrons. The van der Waals surface area contributed by atoms with Gasteiger partial charge in [-0.3, -0.25) is 0 Å². The van der Waals surface area contributed by atoms with E-state index in [-0.39, 0.29) is 19.0 Å². The summed E-state index contributed by atoms with van der Waals surface area (Å²) in [5, 5.41) is 2.69. The first kappa shape index (κ1) is 18.7. The SMILES string of the molecule is COCC(NC(=O)OCc1ccccc1)c1ccc(OC(F)F)cc1. The van der Waals surface area contributed by atoms with Gasteiger partial charge in [0.2, 0.25) is 0 Å². The predicted molar refractivity (Wildman–Crippen MR) is 87.5 cm³/mol. The molecule has 2 aromatic rings. The van der Waals surface area contributed by atoms with Crippen molar-refractivity contribution in [2.24, 2.45) is 0 Å². The molecule has 0 aliphatic carbocycles. The number of ether oxygens (including phenoxy) is 3. The third-order valence-electron chi connectivity index (χ3n) is 3.35. The molecule has 0 saturated heterocycles. The molecule has 0 bridgehead atoms. The molecular weight excluding hydrogens is 332 g/mol. The fraction of sp³-hybridized carbons (Fsp3) is 0.278. The largest absolute Gasteiger partial charge is 0.445 e. The average Bonchev–Trinajstić information content (AvgIpc) is 2.61. The predicted octanol–water partition coefficient (Wildman–Crippen LogP) is 3.90. The van der Waals surface area contributed by atoms with E-state index < -0.39 is 18.7 Å². The number of rotatable bonds is 8. The zero-order valence-corrected chi connectivity index (χ0v) is 13.7. The van der Waals surface area contributed by atoms with Gasteiger partial charge in [0.15, 0.2) is 0 Å². The highest BCUT2D eigenvalue weighted by molar-refractivity contribution is 5.68. The van der Waals surface area contributed by atoms with Gasteiger partial charge >= 0.3 is 12.7 Å². The van der Waals surface area contributed by atoms with Gasteiger partial charge in [0, 0.05) is 7.11 Å². The fourth-order valence-corrected chi connectivity index (χ4v) is 2.18. The summed E-state index contributed by atoms with van der Waals surface area (Å²) in [5.74, 6) is 0.0431. The smallest absolute Gasteiger partial charge is 0.408 e. The lowest BCUT2D eigenvalue weighted by Crippen LogP contribution is -2.31. The second-order valence-electron chi connectivity index (χ2n) is 5.16. The number of hydrogen-bond acceptors (Lipinski definition) is 4. The molecule has 2 rings (SSSR count). The molecule has 0 fully saturated rings. The van der Waals surface area contributed by atoms with Crippen LogP contribution in [0.25, 0.3) is 0 Å². The Morgan fingerprint density at radius 3 is 2.36 bits per heavy atom. The molecular formula is C18H19F2NO4. The number of benzene rings is 2. The Balaban J connectivity index is 1.93. The monoisotopic (exact) mass is 351 g/mol. The molecule has 1 amide bonds. The van der Waals surface area contributed by atoms with Crippen LogP contribution in [0.5, 0.6) is 5.75 Å². The van der Waals surface area contributed by atoms with Crippen molar-refractivity contribution < 1.29 is 27.8 Å². The minimum absolute atomic E-state index is 0.0431. The molecule has 1 N–H and O–H groups in total. The zero-order chi connectivity index (χ0) is 18.1. The van der Waals surface area contributed by atoms with Crippen LogP contribution in [0.15, 0.2) is 54.6 Å². The van der Waals surface area contributed by atoms with Crippen molar-refractivity contribution in [1.82, 2.24) is 5.32 Å². The molecule has 1 atom stereocenters. The summed E-state index contributed by atoms with van der Waals surface area (Å²) in [6.07, 6.45) is -0.598. The second kappa shape index (κ2) is 9.58. The second-order valence-corrected chi connectivity index (χ2v) is 5.16. The van der Waals surface area contributed by atoms with Crippen LogP contribution in [0.2, 0.25) is 0 Å². The molecule has 7 heteroatoms. The highest BCUT2D eigenvalue weighted by Gasteiger charge is 2.16. The third-order valence-corrected chi connectivity index (χ3v) is 3.35. The van der Waals surface area contributed by atoms with E-state index in [4.69, 9.17) is 9.47 Å². The molecule has 1 unspecified atom stereocenters.